The molecule has 32 heavy (non-hydrogen) atoms. The molecule has 2 heterocycles. The van der Waals surface area contributed by atoms with Gasteiger partial charge in [-0.15, -0.1) is 0 Å². The first-order chi connectivity index (χ1) is 15.3. The Kier molecular flexibility index (Phi) is 6.55. The molecule has 0 amide bonds. The molecule has 1 saturated heterocycles. The summed E-state index contributed by atoms with van der Waals surface area (Å²) in [5, 5.41) is 3.28. The van der Waals surface area contributed by atoms with E-state index >= 15 is 0 Å². The van der Waals surface area contributed by atoms with Crippen LogP contribution in [0.3, 0.4) is 0 Å². The van der Waals surface area contributed by atoms with Crippen molar-refractivity contribution in [3.63, 3.8) is 0 Å². The monoisotopic (exact) mass is 458 g/mol. The summed E-state index contributed by atoms with van der Waals surface area (Å²) in [4.78, 5) is 13.5. The minimum absolute atomic E-state index is 0.227. The minimum atomic E-state index is -3.59. The molecule has 0 saturated carbocycles. The van der Waals surface area contributed by atoms with Crippen LogP contribution in [0.5, 0.6) is 11.5 Å². The highest BCUT2D eigenvalue weighted by molar-refractivity contribution is 7.88. The van der Waals surface area contributed by atoms with Gasteiger partial charge in [-0.2, -0.15) is 0 Å². The lowest BCUT2D eigenvalue weighted by molar-refractivity contribution is -0.0000805. The van der Waals surface area contributed by atoms with Crippen molar-refractivity contribution in [2.24, 2.45) is 0 Å². The first-order valence-corrected chi connectivity index (χ1v) is 13.0. The molecule has 1 atom stereocenters. The number of aryl methyl sites for hydroxylation is 2. The largest absolute Gasteiger partial charge is 0.494 e. The van der Waals surface area contributed by atoms with E-state index in [-0.39, 0.29) is 5.78 Å². The SMILES string of the molecule is CCOc1ccccc1CCc1cccc2c1OC1(CCNCC1)C(NS(C)(=O)=O)C2=O. The number of carbonyl (C=O) groups excluding carboxylic acids is 1. The third kappa shape index (κ3) is 4.67. The molecule has 0 radical (unpaired) electrons. The zero-order valence-electron chi connectivity index (χ0n) is 18.5. The fourth-order valence-corrected chi connectivity index (χ4v) is 5.39. The second-order valence-corrected chi connectivity index (χ2v) is 10.2. The Morgan fingerprint density at radius 1 is 1.09 bits per heavy atom. The molecule has 0 aromatic heterocycles. The van der Waals surface area contributed by atoms with Crippen molar-refractivity contribution in [1.29, 1.82) is 0 Å². The van der Waals surface area contributed by atoms with Crippen molar-refractivity contribution < 1.29 is 22.7 Å². The van der Waals surface area contributed by atoms with Gasteiger partial charge in [-0.25, -0.2) is 13.1 Å². The van der Waals surface area contributed by atoms with E-state index in [9.17, 15) is 13.2 Å². The van der Waals surface area contributed by atoms with Crippen LogP contribution in [0.1, 0.15) is 41.3 Å². The molecular formula is C24H30N2O5S. The standard InChI is InChI=1S/C24H30N2O5S/c1-3-30-20-10-5-4-7-17(20)11-12-18-8-6-9-19-21(27)23(26-32(2,28)29)24(31-22(18)19)13-15-25-16-14-24/h4-10,23,25-26H,3,11-16H2,1-2H3. The number of carbonyl (C=O) groups is 1. The quantitative estimate of drug-likeness (QED) is 0.662. The molecule has 0 bridgehead atoms. The molecule has 0 aliphatic carbocycles. The van der Waals surface area contributed by atoms with E-state index in [2.05, 4.69) is 10.0 Å². The number of benzene rings is 2. The second kappa shape index (κ2) is 9.21. The molecular weight excluding hydrogens is 428 g/mol. The number of nitrogens with one attached hydrogen (secondary N) is 2. The molecule has 2 aliphatic rings. The van der Waals surface area contributed by atoms with Crippen molar-refractivity contribution >= 4 is 15.8 Å². The first-order valence-electron chi connectivity index (χ1n) is 11.1. The third-order valence-corrected chi connectivity index (χ3v) is 6.84. The van der Waals surface area contributed by atoms with Crippen molar-refractivity contribution in [1.82, 2.24) is 10.0 Å². The Morgan fingerprint density at radius 3 is 2.50 bits per heavy atom. The van der Waals surface area contributed by atoms with Crippen LogP contribution in [-0.2, 0) is 22.9 Å². The van der Waals surface area contributed by atoms with Gasteiger partial charge in [0.1, 0.15) is 23.1 Å². The van der Waals surface area contributed by atoms with Gasteiger partial charge in [0.2, 0.25) is 10.0 Å². The molecule has 7 nitrogen and oxygen atoms in total. The van der Waals surface area contributed by atoms with Gasteiger partial charge in [-0.3, -0.25) is 4.79 Å². The van der Waals surface area contributed by atoms with Crippen LogP contribution in [0.25, 0.3) is 0 Å². The number of sulfonamides is 1. The van der Waals surface area contributed by atoms with E-state index in [4.69, 9.17) is 9.47 Å². The van der Waals surface area contributed by atoms with Gasteiger partial charge in [0.25, 0.3) is 0 Å². The highest BCUT2D eigenvalue weighted by Crippen LogP contribution is 2.41. The number of ketones is 1. The zero-order valence-corrected chi connectivity index (χ0v) is 19.3. The average molecular weight is 459 g/mol. The van der Waals surface area contributed by atoms with Gasteiger partial charge < -0.3 is 14.8 Å². The Hall–Kier alpha value is -2.42. The smallest absolute Gasteiger partial charge is 0.209 e. The van der Waals surface area contributed by atoms with Crippen molar-refractivity contribution in [2.75, 3.05) is 26.0 Å². The number of fused-ring (bicyclic) bond motifs is 1. The molecule has 2 aliphatic heterocycles. The topological polar surface area (TPSA) is 93.7 Å². The van der Waals surface area contributed by atoms with Crippen LogP contribution in [0.2, 0.25) is 0 Å². The van der Waals surface area contributed by atoms with Gasteiger partial charge >= 0.3 is 0 Å². The van der Waals surface area contributed by atoms with E-state index in [1.165, 1.54) is 0 Å². The van der Waals surface area contributed by atoms with Gasteiger partial charge in [0.05, 0.1) is 18.4 Å². The summed E-state index contributed by atoms with van der Waals surface area (Å²) in [7, 11) is -3.59. The maximum absolute atomic E-state index is 13.5. The fraction of sp³-hybridized carbons (Fsp3) is 0.458. The molecule has 8 heteroatoms. The normalized spacial score (nSPS) is 19.9. The van der Waals surface area contributed by atoms with Crippen LogP contribution >= 0.6 is 0 Å². The minimum Gasteiger partial charge on any atom is -0.494 e. The van der Waals surface area contributed by atoms with E-state index in [0.29, 0.717) is 50.3 Å². The summed E-state index contributed by atoms with van der Waals surface area (Å²) in [6.45, 7) is 3.88. The molecule has 1 spiro atoms. The van der Waals surface area contributed by atoms with E-state index in [0.717, 1.165) is 29.6 Å². The summed E-state index contributed by atoms with van der Waals surface area (Å²) in [6.07, 6.45) is 3.60. The van der Waals surface area contributed by atoms with Crippen molar-refractivity contribution in [3.8, 4) is 11.5 Å². The third-order valence-electron chi connectivity index (χ3n) is 6.17. The van der Waals surface area contributed by atoms with Gasteiger partial charge in [0, 0.05) is 12.8 Å². The van der Waals surface area contributed by atoms with E-state index < -0.39 is 21.7 Å². The Labute approximate surface area is 189 Å². The van der Waals surface area contributed by atoms with Crippen LogP contribution in [0, 0.1) is 0 Å². The molecule has 172 valence electrons. The predicted octanol–water partition coefficient (Wildman–Crippen LogP) is 2.49. The maximum atomic E-state index is 13.5. The highest BCUT2D eigenvalue weighted by Gasteiger charge is 2.51. The van der Waals surface area contributed by atoms with E-state index in [1.807, 2.05) is 43.3 Å². The number of piperidine rings is 1. The summed E-state index contributed by atoms with van der Waals surface area (Å²) in [5.74, 6) is 1.22. The van der Waals surface area contributed by atoms with Crippen LogP contribution < -0.4 is 19.5 Å². The molecule has 1 fully saturated rings. The summed E-state index contributed by atoms with van der Waals surface area (Å²) in [5.41, 5.74) is 1.59. The molecule has 2 N–H and O–H groups in total. The number of rotatable bonds is 7. The summed E-state index contributed by atoms with van der Waals surface area (Å²) in [6, 6.07) is 12.6. The van der Waals surface area contributed by atoms with Crippen molar-refractivity contribution in [2.45, 2.75) is 44.2 Å². The Bertz CT molecular complexity index is 1090. The fourth-order valence-electron chi connectivity index (χ4n) is 4.64. The van der Waals surface area contributed by atoms with Crippen molar-refractivity contribution in [3.05, 3.63) is 59.2 Å². The summed E-state index contributed by atoms with van der Waals surface area (Å²) < 4.78 is 39.0. The van der Waals surface area contributed by atoms with E-state index in [1.54, 1.807) is 6.07 Å². The number of Topliss-reactive ketones (excluding diaryl/α,β-unsaturated/α-hetero) is 1. The van der Waals surface area contributed by atoms with Crippen LogP contribution in [0.15, 0.2) is 42.5 Å². The summed E-state index contributed by atoms with van der Waals surface area (Å²) >= 11 is 0. The average Bonchev–Trinajstić information content (AvgIpc) is 2.76. The Balaban J connectivity index is 1.67. The van der Waals surface area contributed by atoms with Gasteiger partial charge in [0.15, 0.2) is 5.78 Å². The lowest BCUT2D eigenvalue weighted by Crippen LogP contribution is -2.65. The van der Waals surface area contributed by atoms with Crippen LogP contribution in [0.4, 0.5) is 0 Å². The number of hydrogen-bond acceptors (Lipinski definition) is 6. The van der Waals surface area contributed by atoms with Crippen LogP contribution in [-0.4, -0.2) is 51.8 Å². The Morgan fingerprint density at radius 2 is 1.78 bits per heavy atom. The second-order valence-electron chi connectivity index (χ2n) is 8.44. The number of ether oxygens (including phenoxy) is 2. The highest BCUT2D eigenvalue weighted by atomic mass is 32.2. The molecule has 4 rings (SSSR count). The van der Waals surface area contributed by atoms with Gasteiger partial charge in [-0.1, -0.05) is 30.3 Å². The lowest BCUT2D eigenvalue weighted by Gasteiger charge is -2.46. The lowest BCUT2D eigenvalue weighted by atomic mass is 9.78. The van der Waals surface area contributed by atoms with Gasteiger partial charge in [-0.05, 0) is 56.1 Å². The maximum Gasteiger partial charge on any atom is 0.209 e. The molecule has 2 aromatic rings. The molecule has 1 unspecified atom stereocenters. The predicted molar refractivity (Wildman–Crippen MR) is 123 cm³/mol. The molecule has 2 aromatic carbocycles. The number of para-hydroxylation sites is 2. The first kappa shape index (κ1) is 22.8. The number of hydrogen-bond donors (Lipinski definition) is 2. The zero-order chi connectivity index (χ0) is 22.8.